The van der Waals surface area contributed by atoms with E-state index in [4.69, 9.17) is 4.74 Å². The first kappa shape index (κ1) is 21.9. The quantitative estimate of drug-likeness (QED) is 0.622. The Morgan fingerprint density at radius 3 is 2.21 bits per heavy atom. The molecule has 0 unspecified atom stereocenters. The monoisotopic (exact) mass is 397 g/mol. The Bertz CT molecular complexity index is 866. The fourth-order valence-corrected chi connectivity index (χ4v) is 2.57. The molecule has 0 bridgehead atoms. The average Bonchev–Trinajstić information content (AvgIpc) is 2.67. The summed E-state index contributed by atoms with van der Waals surface area (Å²) in [5.74, 6) is -1.33. The van der Waals surface area contributed by atoms with Crippen LogP contribution in [0.3, 0.4) is 0 Å². The minimum atomic E-state index is -0.881. The van der Waals surface area contributed by atoms with Crippen LogP contribution in [0.4, 0.5) is 16.2 Å². The van der Waals surface area contributed by atoms with E-state index in [0.717, 1.165) is 11.1 Å². The van der Waals surface area contributed by atoms with Gasteiger partial charge in [-0.15, -0.1) is 0 Å². The van der Waals surface area contributed by atoms with Crippen molar-refractivity contribution in [2.24, 2.45) is 5.92 Å². The SMILES string of the molecule is Cc1ccc(NC(=O)COC(=O)[C@@H](NC(=O)Nc2ccccc2)C(C)C)cc1C. The van der Waals surface area contributed by atoms with Gasteiger partial charge in [0, 0.05) is 11.4 Å². The summed E-state index contributed by atoms with van der Waals surface area (Å²) in [6.45, 7) is 7.06. The van der Waals surface area contributed by atoms with E-state index in [2.05, 4.69) is 16.0 Å². The third-order valence-corrected chi connectivity index (χ3v) is 4.38. The number of aryl methyl sites for hydroxylation is 2. The summed E-state index contributed by atoms with van der Waals surface area (Å²) in [4.78, 5) is 36.6. The van der Waals surface area contributed by atoms with E-state index in [1.54, 1.807) is 44.2 Å². The molecule has 154 valence electrons. The molecule has 2 rings (SSSR count). The highest BCUT2D eigenvalue weighted by molar-refractivity contribution is 5.95. The summed E-state index contributed by atoms with van der Waals surface area (Å²) in [6, 6.07) is 13.0. The van der Waals surface area contributed by atoms with E-state index < -0.39 is 30.6 Å². The molecule has 0 aromatic heterocycles. The maximum atomic E-state index is 12.4. The molecule has 0 aliphatic heterocycles. The Morgan fingerprint density at radius 1 is 0.897 bits per heavy atom. The van der Waals surface area contributed by atoms with E-state index in [-0.39, 0.29) is 5.92 Å². The normalized spacial score (nSPS) is 11.5. The molecule has 2 aromatic rings. The van der Waals surface area contributed by atoms with Crippen molar-refractivity contribution in [2.75, 3.05) is 17.2 Å². The van der Waals surface area contributed by atoms with Gasteiger partial charge in [-0.2, -0.15) is 0 Å². The lowest BCUT2D eigenvalue weighted by atomic mass is 10.1. The van der Waals surface area contributed by atoms with Gasteiger partial charge in [0.1, 0.15) is 6.04 Å². The second kappa shape index (κ2) is 10.3. The molecular formula is C22H27N3O4. The van der Waals surface area contributed by atoms with Gasteiger partial charge in [0.2, 0.25) is 0 Å². The van der Waals surface area contributed by atoms with Crippen LogP contribution in [-0.2, 0) is 14.3 Å². The lowest BCUT2D eigenvalue weighted by molar-refractivity contribution is -0.150. The second-order valence-electron chi connectivity index (χ2n) is 7.14. The minimum absolute atomic E-state index is 0.216. The largest absolute Gasteiger partial charge is 0.454 e. The summed E-state index contributed by atoms with van der Waals surface area (Å²) in [5, 5.41) is 7.94. The highest BCUT2D eigenvalue weighted by Gasteiger charge is 2.26. The number of carbonyl (C=O) groups is 3. The van der Waals surface area contributed by atoms with Gasteiger partial charge in [0.25, 0.3) is 5.91 Å². The molecule has 29 heavy (non-hydrogen) atoms. The number of ether oxygens (including phenoxy) is 1. The Balaban J connectivity index is 1.87. The van der Waals surface area contributed by atoms with Gasteiger partial charge in [-0.3, -0.25) is 4.79 Å². The standard InChI is InChI=1S/C22H27N3O4/c1-14(2)20(25-22(28)24-17-8-6-5-7-9-17)21(27)29-13-19(26)23-18-11-10-15(3)16(4)12-18/h5-12,14,20H,13H2,1-4H3,(H,23,26)(H2,24,25,28)/t20-/m0/s1. The lowest BCUT2D eigenvalue weighted by Gasteiger charge is -2.21. The predicted octanol–water partition coefficient (Wildman–Crippen LogP) is 3.63. The molecular weight excluding hydrogens is 370 g/mol. The van der Waals surface area contributed by atoms with Crippen molar-refractivity contribution < 1.29 is 19.1 Å². The first-order valence-electron chi connectivity index (χ1n) is 9.42. The number of hydrogen-bond acceptors (Lipinski definition) is 4. The number of nitrogens with one attached hydrogen (secondary N) is 3. The number of para-hydroxylation sites is 1. The molecule has 0 heterocycles. The van der Waals surface area contributed by atoms with Gasteiger partial charge in [-0.1, -0.05) is 38.1 Å². The molecule has 3 N–H and O–H groups in total. The Kier molecular flexibility index (Phi) is 7.77. The smallest absolute Gasteiger partial charge is 0.329 e. The number of hydrogen-bond donors (Lipinski definition) is 3. The molecule has 7 nitrogen and oxygen atoms in total. The van der Waals surface area contributed by atoms with Crippen LogP contribution in [0.5, 0.6) is 0 Å². The maximum absolute atomic E-state index is 12.4. The molecule has 0 aliphatic rings. The van der Waals surface area contributed by atoms with Crippen LogP contribution in [0.15, 0.2) is 48.5 Å². The number of benzene rings is 2. The number of rotatable bonds is 7. The van der Waals surface area contributed by atoms with Gasteiger partial charge in [-0.25, -0.2) is 9.59 Å². The van der Waals surface area contributed by atoms with E-state index in [1.807, 2.05) is 32.0 Å². The van der Waals surface area contributed by atoms with Gasteiger partial charge in [0.05, 0.1) is 0 Å². The van der Waals surface area contributed by atoms with Crippen LogP contribution in [0.25, 0.3) is 0 Å². The molecule has 3 amide bonds. The van der Waals surface area contributed by atoms with E-state index in [9.17, 15) is 14.4 Å². The number of anilines is 2. The fraction of sp³-hybridized carbons (Fsp3) is 0.318. The molecule has 0 aliphatic carbocycles. The zero-order chi connectivity index (χ0) is 21.4. The van der Waals surface area contributed by atoms with Crippen LogP contribution >= 0.6 is 0 Å². The van der Waals surface area contributed by atoms with Crippen molar-refractivity contribution in [2.45, 2.75) is 33.7 Å². The number of esters is 1. The van der Waals surface area contributed by atoms with Crippen molar-refractivity contribution in [3.8, 4) is 0 Å². The van der Waals surface area contributed by atoms with Crippen molar-refractivity contribution in [3.63, 3.8) is 0 Å². The topological polar surface area (TPSA) is 96.5 Å². The Morgan fingerprint density at radius 2 is 1.59 bits per heavy atom. The summed E-state index contributed by atoms with van der Waals surface area (Å²) < 4.78 is 5.11. The fourth-order valence-electron chi connectivity index (χ4n) is 2.57. The Labute approximate surface area is 170 Å². The van der Waals surface area contributed by atoms with Crippen LogP contribution in [0.2, 0.25) is 0 Å². The number of carbonyl (C=O) groups excluding carboxylic acids is 3. The van der Waals surface area contributed by atoms with Crippen LogP contribution in [0, 0.1) is 19.8 Å². The van der Waals surface area contributed by atoms with Gasteiger partial charge >= 0.3 is 12.0 Å². The third-order valence-electron chi connectivity index (χ3n) is 4.38. The summed E-state index contributed by atoms with van der Waals surface area (Å²) >= 11 is 0. The van der Waals surface area contributed by atoms with E-state index >= 15 is 0 Å². The zero-order valence-corrected chi connectivity index (χ0v) is 17.1. The third kappa shape index (κ3) is 6.95. The van der Waals surface area contributed by atoms with Gasteiger partial charge in [0.15, 0.2) is 6.61 Å². The molecule has 1 atom stereocenters. The first-order valence-corrected chi connectivity index (χ1v) is 9.42. The predicted molar refractivity (Wildman–Crippen MR) is 113 cm³/mol. The van der Waals surface area contributed by atoms with Crippen molar-refractivity contribution in [1.29, 1.82) is 0 Å². The Hall–Kier alpha value is -3.35. The van der Waals surface area contributed by atoms with E-state index in [0.29, 0.717) is 11.4 Å². The van der Waals surface area contributed by atoms with Gasteiger partial charge < -0.3 is 20.7 Å². The number of urea groups is 1. The van der Waals surface area contributed by atoms with Crippen LogP contribution < -0.4 is 16.0 Å². The van der Waals surface area contributed by atoms with E-state index in [1.165, 1.54) is 0 Å². The molecule has 0 saturated carbocycles. The molecule has 7 heteroatoms. The van der Waals surface area contributed by atoms with Crippen LogP contribution in [-0.4, -0.2) is 30.6 Å². The zero-order valence-electron chi connectivity index (χ0n) is 17.1. The van der Waals surface area contributed by atoms with Crippen molar-refractivity contribution in [1.82, 2.24) is 5.32 Å². The second-order valence-corrected chi connectivity index (χ2v) is 7.14. The molecule has 0 spiro atoms. The highest BCUT2D eigenvalue weighted by Crippen LogP contribution is 2.14. The summed E-state index contributed by atoms with van der Waals surface area (Å²) in [5.41, 5.74) is 3.41. The molecule has 0 fully saturated rings. The minimum Gasteiger partial charge on any atom is -0.454 e. The maximum Gasteiger partial charge on any atom is 0.329 e. The molecule has 2 aromatic carbocycles. The number of amides is 3. The summed E-state index contributed by atoms with van der Waals surface area (Å²) in [7, 11) is 0. The van der Waals surface area contributed by atoms with Gasteiger partial charge in [-0.05, 0) is 55.2 Å². The lowest BCUT2D eigenvalue weighted by Crippen LogP contribution is -2.47. The van der Waals surface area contributed by atoms with Crippen molar-refractivity contribution in [3.05, 3.63) is 59.7 Å². The van der Waals surface area contributed by atoms with Crippen molar-refractivity contribution >= 4 is 29.3 Å². The summed E-state index contributed by atoms with van der Waals surface area (Å²) in [6.07, 6.45) is 0. The first-order chi connectivity index (χ1) is 13.8. The van der Waals surface area contributed by atoms with Crippen LogP contribution in [0.1, 0.15) is 25.0 Å². The molecule has 0 saturated heterocycles. The molecule has 0 radical (unpaired) electrons. The highest BCUT2D eigenvalue weighted by atomic mass is 16.5. The average molecular weight is 397 g/mol.